The van der Waals surface area contributed by atoms with E-state index < -0.39 is 5.60 Å². The molecule has 1 amide bonds. The topological polar surface area (TPSA) is 49.9 Å². The summed E-state index contributed by atoms with van der Waals surface area (Å²) in [5, 5.41) is 0. The molecule has 1 saturated heterocycles. The Morgan fingerprint density at radius 3 is 2.00 bits per heavy atom. The van der Waals surface area contributed by atoms with Gasteiger partial charge in [0.25, 0.3) is 0 Å². The molecule has 0 aromatic carbocycles. The van der Waals surface area contributed by atoms with Gasteiger partial charge in [0.2, 0.25) is 0 Å². The van der Waals surface area contributed by atoms with E-state index in [0.29, 0.717) is 13.1 Å². The highest BCUT2D eigenvalue weighted by molar-refractivity contribution is 5.78. The van der Waals surface area contributed by atoms with Crippen LogP contribution in [0, 0.1) is 11.3 Å². The molecule has 1 aliphatic rings. The Bertz CT molecular complexity index is 418. The first-order valence-corrected chi connectivity index (χ1v) is 8.63. The maximum absolute atomic E-state index is 12.0. The molecule has 0 aromatic heterocycles. The van der Waals surface area contributed by atoms with Gasteiger partial charge in [-0.2, -0.15) is 0 Å². The van der Waals surface area contributed by atoms with Crippen LogP contribution in [0.2, 0.25) is 0 Å². The van der Waals surface area contributed by atoms with E-state index in [2.05, 4.69) is 18.7 Å². The van der Waals surface area contributed by atoms with E-state index in [1.807, 2.05) is 27.7 Å². The normalized spacial score (nSPS) is 18.7. The molecule has 1 fully saturated rings. The van der Waals surface area contributed by atoms with E-state index in [1.54, 1.807) is 11.8 Å². The highest BCUT2D eigenvalue weighted by Gasteiger charge is 2.31. The van der Waals surface area contributed by atoms with Gasteiger partial charge in [-0.25, -0.2) is 4.79 Å². The first-order valence-electron chi connectivity index (χ1n) is 8.63. The molecule has 5 heteroatoms. The van der Waals surface area contributed by atoms with Crippen LogP contribution in [0.4, 0.5) is 4.79 Å². The molecule has 1 aliphatic heterocycles. The summed E-state index contributed by atoms with van der Waals surface area (Å²) in [6, 6.07) is 0. The highest BCUT2D eigenvalue weighted by Crippen LogP contribution is 2.31. The minimum atomic E-state index is -0.443. The lowest BCUT2D eigenvalue weighted by atomic mass is 9.75. The van der Waals surface area contributed by atoms with Crippen LogP contribution < -0.4 is 0 Å². The molecule has 0 spiro atoms. The summed E-state index contributed by atoms with van der Waals surface area (Å²) in [5.74, 6) is 0.329. The Balaban J connectivity index is 2.40. The third-order valence-electron chi connectivity index (χ3n) is 4.88. The zero-order valence-corrected chi connectivity index (χ0v) is 15.9. The average molecular weight is 326 g/mol. The van der Waals surface area contributed by atoms with Crippen molar-refractivity contribution in [3.05, 3.63) is 0 Å². The first kappa shape index (κ1) is 19.9. The van der Waals surface area contributed by atoms with Crippen LogP contribution in [0.1, 0.15) is 54.9 Å². The Morgan fingerprint density at radius 2 is 1.57 bits per heavy atom. The molecule has 0 bridgehead atoms. The molecule has 0 radical (unpaired) electrons. The second kappa shape index (κ2) is 7.65. The van der Waals surface area contributed by atoms with E-state index in [-0.39, 0.29) is 23.2 Å². The van der Waals surface area contributed by atoms with Gasteiger partial charge in [-0.1, -0.05) is 20.8 Å². The largest absolute Gasteiger partial charge is 0.444 e. The van der Waals surface area contributed by atoms with E-state index in [0.717, 1.165) is 26.1 Å². The summed E-state index contributed by atoms with van der Waals surface area (Å²) in [7, 11) is 0. The van der Waals surface area contributed by atoms with Crippen LogP contribution in [-0.4, -0.2) is 60.0 Å². The SMILES string of the molecule is CC(=O)[C@H](C)C(C)(C)CCN1CCN(C(=O)OC(C)(C)C)CC1. The Labute approximate surface area is 141 Å². The number of amides is 1. The maximum Gasteiger partial charge on any atom is 0.410 e. The van der Waals surface area contributed by atoms with E-state index >= 15 is 0 Å². The van der Waals surface area contributed by atoms with Crippen LogP contribution in [0.5, 0.6) is 0 Å². The van der Waals surface area contributed by atoms with Crippen LogP contribution in [0.25, 0.3) is 0 Å². The third kappa shape index (κ3) is 6.50. The Morgan fingerprint density at radius 1 is 1.04 bits per heavy atom. The van der Waals surface area contributed by atoms with Crippen LogP contribution in [0.15, 0.2) is 0 Å². The number of carbonyl (C=O) groups is 2. The second-order valence-electron chi connectivity index (χ2n) is 8.38. The molecule has 23 heavy (non-hydrogen) atoms. The fraction of sp³-hybridized carbons (Fsp3) is 0.889. The molecule has 5 nitrogen and oxygen atoms in total. The number of piperazine rings is 1. The number of ether oxygens (including phenoxy) is 1. The predicted octanol–water partition coefficient (Wildman–Crippen LogP) is 3.18. The van der Waals surface area contributed by atoms with E-state index in [9.17, 15) is 9.59 Å². The van der Waals surface area contributed by atoms with Crippen molar-refractivity contribution in [2.45, 2.75) is 60.5 Å². The summed E-state index contributed by atoms with van der Waals surface area (Å²) in [6.45, 7) is 17.8. The fourth-order valence-corrected chi connectivity index (χ4v) is 2.69. The van der Waals surface area contributed by atoms with Gasteiger partial charge < -0.3 is 9.64 Å². The van der Waals surface area contributed by atoms with Gasteiger partial charge in [-0.15, -0.1) is 0 Å². The molecule has 0 aromatic rings. The number of ketones is 1. The monoisotopic (exact) mass is 326 g/mol. The summed E-state index contributed by atoms with van der Waals surface area (Å²) in [5.41, 5.74) is -0.435. The highest BCUT2D eigenvalue weighted by atomic mass is 16.6. The van der Waals surface area contributed by atoms with E-state index in [4.69, 9.17) is 4.74 Å². The van der Waals surface area contributed by atoms with Crippen molar-refractivity contribution in [3.63, 3.8) is 0 Å². The van der Waals surface area contributed by atoms with Gasteiger partial charge in [0.1, 0.15) is 11.4 Å². The standard InChI is InChI=1S/C18H34N2O3/c1-14(15(2)21)18(6,7)8-9-19-10-12-20(13-11-19)16(22)23-17(3,4)5/h14H,8-13H2,1-7H3/t14-/m0/s1. The lowest BCUT2D eigenvalue weighted by Crippen LogP contribution is -2.50. The predicted molar refractivity (Wildman–Crippen MR) is 92.5 cm³/mol. The second-order valence-corrected chi connectivity index (χ2v) is 8.38. The summed E-state index contributed by atoms with van der Waals surface area (Å²) in [6.07, 6.45) is 0.767. The molecule has 0 saturated carbocycles. The molecule has 0 N–H and O–H groups in total. The van der Waals surface area contributed by atoms with Gasteiger partial charge in [-0.3, -0.25) is 9.69 Å². The Kier molecular flexibility index (Phi) is 6.63. The average Bonchev–Trinajstić information content (AvgIpc) is 2.43. The lowest BCUT2D eigenvalue weighted by molar-refractivity contribution is -0.123. The van der Waals surface area contributed by atoms with Crippen LogP contribution in [0.3, 0.4) is 0 Å². The van der Waals surface area contributed by atoms with Crippen molar-refractivity contribution in [1.82, 2.24) is 9.80 Å². The summed E-state index contributed by atoms with van der Waals surface area (Å²) in [4.78, 5) is 27.8. The smallest absolute Gasteiger partial charge is 0.410 e. The van der Waals surface area contributed by atoms with Gasteiger partial charge in [0, 0.05) is 32.1 Å². The number of carbonyl (C=O) groups excluding carboxylic acids is 2. The zero-order chi connectivity index (χ0) is 17.8. The molecular weight excluding hydrogens is 292 g/mol. The quantitative estimate of drug-likeness (QED) is 0.778. The summed E-state index contributed by atoms with van der Waals surface area (Å²) >= 11 is 0. The van der Waals surface area contributed by atoms with Crippen molar-refractivity contribution in [2.75, 3.05) is 32.7 Å². The molecule has 0 unspecified atom stereocenters. The number of hydrogen-bond acceptors (Lipinski definition) is 4. The van der Waals surface area contributed by atoms with Gasteiger partial charge in [0.05, 0.1) is 0 Å². The molecule has 1 atom stereocenters. The van der Waals surface area contributed by atoms with Crippen molar-refractivity contribution < 1.29 is 14.3 Å². The first-order chi connectivity index (χ1) is 10.4. The lowest BCUT2D eigenvalue weighted by Gasteiger charge is -2.38. The minimum Gasteiger partial charge on any atom is -0.444 e. The molecule has 0 aliphatic carbocycles. The number of nitrogens with zero attached hydrogens (tertiary/aromatic N) is 2. The zero-order valence-electron chi connectivity index (χ0n) is 15.9. The van der Waals surface area contributed by atoms with Crippen molar-refractivity contribution in [1.29, 1.82) is 0 Å². The van der Waals surface area contributed by atoms with Gasteiger partial charge in [-0.05, 0) is 46.1 Å². The van der Waals surface area contributed by atoms with Gasteiger partial charge in [0.15, 0.2) is 0 Å². The fourth-order valence-electron chi connectivity index (χ4n) is 2.69. The van der Waals surface area contributed by atoms with Gasteiger partial charge >= 0.3 is 6.09 Å². The molecular formula is C18H34N2O3. The number of Topliss-reactive ketones (excluding diaryl/α,β-unsaturated/α-hetero) is 1. The van der Waals surface area contributed by atoms with Crippen molar-refractivity contribution in [3.8, 4) is 0 Å². The van der Waals surface area contributed by atoms with Crippen LogP contribution >= 0.6 is 0 Å². The maximum atomic E-state index is 12.0. The molecule has 134 valence electrons. The van der Waals surface area contributed by atoms with Crippen molar-refractivity contribution >= 4 is 11.9 Å². The van der Waals surface area contributed by atoms with Crippen LogP contribution in [-0.2, 0) is 9.53 Å². The number of rotatable bonds is 5. The van der Waals surface area contributed by atoms with Crippen molar-refractivity contribution in [2.24, 2.45) is 11.3 Å². The van der Waals surface area contributed by atoms with E-state index in [1.165, 1.54) is 0 Å². The minimum absolute atomic E-state index is 0.00807. The number of hydrogen-bond donors (Lipinski definition) is 0. The summed E-state index contributed by atoms with van der Waals surface area (Å²) < 4.78 is 5.42. The molecule has 1 heterocycles. The molecule has 1 rings (SSSR count). The third-order valence-corrected chi connectivity index (χ3v) is 4.88. The Hall–Kier alpha value is -1.10.